The van der Waals surface area contributed by atoms with Crippen LogP contribution in [0.4, 0.5) is 10.1 Å². The summed E-state index contributed by atoms with van der Waals surface area (Å²) in [5, 5.41) is 2.69. The van der Waals surface area contributed by atoms with Crippen LogP contribution in [0.1, 0.15) is 25.3 Å². The summed E-state index contributed by atoms with van der Waals surface area (Å²) >= 11 is 5.78. The van der Waals surface area contributed by atoms with Crippen LogP contribution in [0.15, 0.2) is 12.1 Å². The van der Waals surface area contributed by atoms with Gasteiger partial charge in [-0.15, -0.1) is 0 Å². The maximum Gasteiger partial charge on any atom is 0.211 e. The lowest BCUT2D eigenvalue weighted by Gasteiger charge is -2.11. The van der Waals surface area contributed by atoms with Gasteiger partial charge >= 0.3 is 0 Å². The lowest BCUT2D eigenvalue weighted by Crippen LogP contribution is -2.01. The topological polar surface area (TPSA) is 29.1 Å². The molecule has 1 aromatic rings. The summed E-state index contributed by atoms with van der Waals surface area (Å²) in [6.45, 7) is 3.72. The van der Waals surface area contributed by atoms with E-state index >= 15 is 0 Å². The van der Waals surface area contributed by atoms with Crippen molar-refractivity contribution >= 4 is 23.7 Å². The molecule has 0 aliphatic carbocycles. The van der Waals surface area contributed by atoms with Crippen molar-refractivity contribution in [2.75, 3.05) is 5.32 Å². The summed E-state index contributed by atoms with van der Waals surface area (Å²) < 4.78 is 13.6. The minimum Gasteiger partial charge on any atom is -0.326 e. The summed E-state index contributed by atoms with van der Waals surface area (Å²) in [6.07, 6.45) is 0.429. The molecule has 2 nitrogen and oxygen atoms in total. The minimum atomic E-state index is -0.420. The Bertz CT molecular complexity index is 352. The highest BCUT2D eigenvalue weighted by Gasteiger charge is 2.12. The predicted octanol–water partition coefficient (Wildman–Crippen LogP) is 3.17. The molecule has 14 heavy (non-hydrogen) atoms. The largest absolute Gasteiger partial charge is 0.326 e. The Kier molecular flexibility index (Phi) is 3.47. The van der Waals surface area contributed by atoms with Crippen molar-refractivity contribution in [3.8, 4) is 0 Å². The van der Waals surface area contributed by atoms with Crippen molar-refractivity contribution in [2.24, 2.45) is 0 Å². The van der Waals surface area contributed by atoms with Crippen molar-refractivity contribution < 1.29 is 9.18 Å². The van der Waals surface area contributed by atoms with Gasteiger partial charge in [-0.1, -0.05) is 25.4 Å². The molecule has 1 aromatic carbocycles. The molecule has 1 rings (SSSR count). The molecule has 4 heteroatoms. The van der Waals surface area contributed by atoms with Crippen LogP contribution in [0.5, 0.6) is 0 Å². The molecule has 0 aliphatic rings. The first-order chi connectivity index (χ1) is 6.56. The molecule has 0 aliphatic heterocycles. The standard InChI is InChI=1S/C10H11ClFNO/c1-6(2)8-3-7(11)4-9(10(8)12)13-5-14/h3-6H,1-2H3,(H,13,14). The van der Waals surface area contributed by atoms with Crippen LogP contribution < -0.4 is 5.32 Å². The van der Waals surface area contributed by atoms with Crippen molar-refractivity contribution in [3.05, 3.63) is 28.5 Å². The van der Waals surface area contributed by atoms with Gasteiger partial charge in [0.1, 0.15) is 5.82 Å². The second kappa shape index (κ2) is 4.42. The summed E-state index contributed by atoms with van der Waals surface area (Å²) in [5.74, 6) is -0.391. The molecule has 0 radical (unpaired) electrons. The van der Waals surface area contributed by atoms with E-state index < -0.39 is 5.82 Å². The number of rotatable bonds is 3. The molecule has 0 atom stereocenters. The van der Waals surface area contributed by atoms with Gasteiger partial charge in [0.05, 0.1) is 5.69 Å². The molecule has 0 heterocycles. The highest BCUT2D eigenvalue weighted by molar-refractivity contribution is 6.31. The summed E-state index contributed by atoms with van der Waals surface area (Å²) in [4.78, 5) is 10.2. The van der Waals surface area contributed by atoms with Crippen molar-refractivity contribution in [2.45, 2.75) is 19.8 Å². The first-order valence-corrected chi connectivity index (χ1v) is 4.63. The Labute approximate surface area is 87.1 Å². The third-order valence-corrected chi connectivity index (χ3v) is 2.12. The van der Waals surface area contributed by atoms with Gasteiger partial charge in [-0.25, -0.2) is 4.39 Å². The summed E-state index contributed by atoms with van der Waals surface area (Å²) in [7, 11) is 0. The smallest absolute Gasteiger partial charge is 0.211 e. The number of hydrogen-bond donors (Lipinski definition) is 1. The number of nitrogens with one attached hydrogen (secondary N) is 1. The first-order valence-electron chi connectivity index (χ1n) is 4.25. The zero-order valence-electron chi connectivity index (χ0n) is 7.97. The highest BCUT2D eigenvalue weighted by Crippen LogP contribution is 2.28. The second-order valence-electron chi connectivity index (χ2n) is 3.27. The lowest BCUT2D eigenvalue weighted by atomic mass is 10.0. The van der Waals surface area contributed by atoms with E-state index in [4.69, 9.17) is 11.6 Å². The average Bonchev–Trinajstić information content (AvgIpc) is 2.10. The fourth-order valence-electron chi connectivity index (χ4n) is 1.20. The van der Waals surface area contributed by atoms with E-state index in [9.17, 15) is 9.18 Å². The molecule has 0 spiro atoms. The molecule has 1 amide bonds. The fourth-order valence-corrected chi connectivity index (χ4v) is 1.43. The van der Waals surface area contributed by atoms with E-state index in [1.807, 2.05) is 13.8 Å². The Morgan fingerprint density at radius 2 is 2.14 bits per heavy atom. The molecule has 0 bridgehead atoms. The third-order valence-electron chi connectivity index (χ3n) is 1.90. The molecule has 1 N–H and O–H groups in total. The van der Waals surface area contributed by atoms with Crippen LogP contribution in [0.3, 0.4) is 0 Å². The first kappa shape index (κ1) is 11.0. The number of carbonyl (C=O) groups is 1. The quantitative estimate of drug-likeness (QED) is 0.771. The second-order valence-corrected chi connectivity index (χ2v) is 3.71. The molecule has 0 fully saturated rings. The van der Waals surface area contributed by atoms with Gasteiger partial charge in [-0.3, -0.25) is 4.79 Å². The highest BCUT2D eigenvalue weighted by atomic mass is 35.5. The van der Waals surface area contributed by atoms with E-state index in [2.05, 4.69) is 5.32 Å². The van der Waals surface area contributed by atoms with Crippen molar-refractivity contribution in [3.63, 3.8) is 0 Å². The van der Waals surface area contributed by atoms with Crippen molar-refractivity contribution in [1.29, 1.82) is 0 Å². The van der Waals surface area contributed by atoms with Crippen LogP contribution in [-0.2, 0) is 4.79 Å². The number of hydrogen-bond acceptors (Lipinski definition) is 1. The predicted molar refractivity (Wildman–Crippen MR) is 55.2 cm³/mol. The van der Waals surface area contributed by atoms with Gasteiger partial charge in [0, 0.05) is 5.02 Å². The van der Waals surface area contributed by atoms with Gasteiger partial charge in [0.15, 0.2) is 0 Å². The van der Waals surface area contributed by atoms with Crippen LogP contribution >= 0.6 is 11.6 Å². The van der Waals surface area contributed by atoms with E-state index in [1.165, 1.54) is 6.07 Å². The number of halogens is 2. The van der Waals surface area contributed by atoms with Crippen LogP contribution in [0.25, 0.3) is 0 Å². The number of benzene rings is 1. The molecule has 0 saturated carbocycles. The Hall–Kier alpha value is -1.09. The summed E-state index contributed by atoms with van der Waals surface area (Å²) in [5.41, 5.74) is 0.623. The van der Waals surface area contributed by atoms with Gasteiger partial charge in [0.25, 0.3) is 0 Å². The maximum absolute atomic E-state index is 13.6. The van der Waals surface area contributed by atoms with Crippen LogP contribution in [0, 0.1) is 5.82 Å². The SMILES string of the molecule is CC(C)c1cc(Cl)cc(NC=O)c1F. The van der Waals surface area contributed by atoms with E-state index in [0.29, 0.717) is 17.0 Å². The normalized spacial score (nSPS) is 10.4. The van der Waals surface area contributed by atoms with E-state index in [1.54, 1.807) is 6.07 Å². The van der Waals surface area contributed by atoms with Gasteiger partial charge < -0.3 is 5.32 Å². The fraction of sp³-hybridized carbons (Fsp3) is 0.300. The summed E-state index contributed by atoms with van der Waals surface area (Å²) in [6, 6.07) is 2.95. The molecular formula is C10H11ClFNO. The molecule has 0 aromatic heterocycles. The van der Waals surface area contributed by atoms with Gasteiger partial charge in [-0.2, -0.15) is 0 Å². The maximum atomic E-state index is 13.6. The van der Waals surface area contributed by atoms with Crippen molar-refractivity contribution in [1.82, 2.24) is 0 Å². The van der Waals surface area contributed by atoms with E-state index in [-0.39, 0.29) is 11.6 Å². The Morgan fingerprint density at radius 1 is 1.50 bits per heavy atom. The number of anilines is 1. The van der Waals surface area contributed by atoms with Gasteiger partial charge in [0.2, 0.25) is 6.41 Å². The molecular weight excluding hydrogens is 205 g/mol. The lowest BCUT2D eigenvalue weighted by molar-refractivity contribution is -0.105. The van der Waals surface area contributed by atoms with Gasteiger partial charge in [-0.05, 0) is 23.6 Å². The van der Waals surface area contributed by atoms with Crippen LogP contribution in [0.2, 0.25) is 5.02 Å². The Morgan fingerprint density at radius 3 is 2.64 bits per heavy atom. The molecule has 76 valence electrons. The van der Waals surface area contributed by atoms with E-state index in [0.717, 1.165) is 0 Å². The minimum absolute atomic E-state index is 0.0286. The Balaban J connectivity index is 3.24. The number of amides is 1. The van der Waals surface area contributed by atoms with Crippen LogP contribution in [-0.4, -0.2) is 6.41 Å². The number of carbonyl (C=O) groups excluding carboxylic acids is 1. The third kappa shape index (κ3) is 2.23. The zero-order chi connectivity index (χ0) is 10.7. The molecule has 0 saturated heterocycles. The average molecular weight is 216 g/mol. The molecule has 0 unspecified atom stereocenters. The monoisotopic (exact) mass is 215 g/mol. The zero-order valence-corrected chi connectivity index (χ0v) is 8.73.